The third-order valence-electron chi connectivity index (χ3n) is 3.57. The second kappa shape index (κ2) is 8.25. The Kier molecular flexibility index (Phi) is 6.99. The van der Waals surface area contributed by atoms with E-state index in [1.54, 1.807) is 7.11 Å². The quantitative estimate of drug-likeness (QED) is 0.790. The molecule has 4 heteroatoms. The molecule has 2 atom stereocenters. The number of likely N-dealkylation sites (N-methyl/N-ethyl adjacent to an activating group) is 2. The summed E-state index contributed by atoms with van der Waals surface area (Å²) in [5.41, 5.74) is 0.932. The van der Waals surface area contributed by atoms with E-state index in [4.69, 9.17) is 4.74 Å². The minimum atomic E-state index is -0.467. The van der Waals surface area contributed by atoms with Crippen molar-refractivity contribution in [3.63, 3.8) is 0 Å². The van der Waals surface area contributed by atoms with Crippen LogP contribution in [0.15, 0.2) is 24.3 Å². The van der Waals surface area contributed by atoms with Crippen LogP contribution in [-0.4, -0.2) is 61.8 Å². The lowest BCUT2D eigenvalue weighted by molar-refractivity contribution is 0.0858. The molecule has 1 aromatic rings. The van der Waals surface area contributed by atoms with Gasteiger partial charge in [0.2, 0.25) is 0 Å². The van der Waals surface area contributed by atoms with E-state index in [1.165, 1.54) is 0 Å². The standard InChI is InChI=1S/C16H28N2O2/c1-6-18(13(2)11-17(3)4)12-16(19)14-7-9-15(20-5)10-8-14/h7-10,13,16,19H,6,11-12H2,1-5H3. The molecule has 0 aliphatic rings. The first-order chi connectivity index (χ1) is 9.47. The van der Waals surface area contributed by atoms with Crippen LogP contribution in [0.1, 0.15) is 25.5 Å². The number of ether oxygens (including phenoxy) is 1. The molecule has 0 aliphatic carbocycles. The van der Waals surface area contributed by atoms with Crippen molar-refractivity contribution < 1.29 is 9.84 Å². The largest absolute Gasteiger partial charge is 0.497 e. The van der Waals surface area contributed by atoms with Crippen molar-refractivity contribution in [3.05, 3.63) is 29.8 Å². The predicted molar refractivity (Wildman–Crippen MR) is 83.2 cm³/mol. The van der Waals surface area contributed by atoms with Crippen LogP contribution < -0.4 is 4.74 Å². The van der Waals surface area contributed by atoms with E-state index in [2.05, 4.69) is 37.7 Å². The molecule has 0 saturated heterocycles. The Balaban J connectivity index is 2.63. The Bertz CT molecular complexity index is 379. The van der Waals surface area contributed by atoms with E-state index < -0.39 is 6.10 Å². The molecule has 0 amide bonds. The fraction of sp³-hybridized carbons (Fsp3) is 0.625. The summed E-state index contributed by atoms with van der Waals surface area (Å²) < 4.78 is 5.14. The normalized spacial score (nSPS) is 14.6. The Morgan fingerprint density at radius 1 is 1.15 bits per heavy atom. The van der Waals surface area contributed by atoms with Gasteiger partial charge in [-0.3, -0.25) is 4.90 Å². The number of nitrogens with zero attached hydrogens (tertiary/aromatic N) is 2. The molecule has 2 unspecified atom stereocenters. The summed E-state index contributed by atoms with van der Waals surface area (Å²) in [5, 5.41) is 10.4. The lowest BCUT2D eigenvalue weighted by Gasteiger charge is -2.31. The molecule has 0 fully saturated rings. The number of hydrogen-bond acceptors (Lipinski definition) is 4. The van der Waals surface area contributed by atoms with E-state index in [0.29, 0.717) is 12.6 Å². The van der Waals surface area contributed by atoms with Gasteiger partial charge in [-0.15, -0.1) is 0 Å². The van der Waals surface area contributed by atoms with Crippen LogP contribution in [0.4, 0.5) is 0 Å². The molecule has 0 aromatic heterocycles. The van der Waals surface area contributed by atoms with Gasteiger partial charge in [0.05, 0.1) is 13.2 Å². The van der Waals surface area contributed by atoms with Crippen LogP contribution >= 0.6 is 0 Å². The zero-order chi connectivity index (χ0) is 15.1. The molecule has 4 nitrogen and oxygen atoms in total. The summed E-state index contributed by atoms with van der Waals surface area (Å²) in [6.45, 7) is 6.90. The first kappa shape index (κ1) is 17.0. The Morgan fingerprint density at radius 3 is 2.20 bits per heavy atom. The molecule has 0 spiro atoms. The van der Waals surface area contributed by atoms with E-state index in [-0.39, 0.29) is 0 Å². The molecular formula is C16H28N2O2. The van der Waals surface area contributed by atoms with Crippen molar-refractivity contribution in [3.8, 4) is 5.75 Å². The molecule has 0 radical (unpaired) electrons. The summed E-state index contributed by atoms with van der Waals surface area (Å²) >= 11 is 0. The highest BCUT2D eigenvalue weighted by Gasteiger charge is 2.17. The van der Waals surface area contributed by atoms with Crippen molar-refractivity contribution in [1.82, 2.24) is 9.80 Å². The summed E-state index contributed by atoms with van der Waals surface area (Å²) in [6, 6.07) is 8.04. The van der Waals surface area contributed by atoms with Gasteiger partial charge >= 0.3 is 0 Å². The maximum Gasteiger partial charge on any atom is 0.118 e. The fourth-order valence-electron chi connectivity index (χ4n) is 2.42. The van der Waals surface area contributed by atoms with E-state index in [1.807, 2.05) is 24.3 Å². The average molecular weight is 280 g/mol. The smallest absolute Gasteiger partial charge is 0.118 e. The molecule has 114 valence electrons. The van der Waals surface area contributed by atoms with Gasteiger partial charge in [0.25, 0.3) is 0 Å². The molecule has 1 N–H and O–H groups in total. The highest BCUT2D eigenvalue weighted by Crippen LogP contribution is 2.19. The molecule has 0 heterocycles. The zero-order valence-corrected chi connectivity index (χ0v) is 13.3. The molecule has 0 saturated carbocycles. The SMILES string of the molecule is CCN(CC(O)c1ccc(OC)cc1)C(C)CN(C)C. The number of aliphatic hydroxyl groups excluding tert-OH is 1. The lowest BCUT2D eigenvalue weighted by atomic mass is 10.1. The Morgan fingerprint density at radius 2 is 1.75 bits per heavy atom. The van der Waals surface area contributed by atoms with Gasteiger partial charge in [-0.25, -0.2) is 0 Å². The number of hydrogen-bond donors (Lipinski definition) is 1. The highest BCUT2D eigenvalue weighted by molar-refractivity contribution is 5.28. The van der Waals surface area contributed by atoms with Crippen molar-refractivity contribution in [1.29, 1.82) is 0 Å². The van der Waals surface area contributed by atoms with Crippen LogP contribution in [-0.2, 0) is 0 Å². The zero-order valence-electron chi connectivity index (χ0n) is 13.3. The van der Waals surface area contributed by atoms with E-state index in [0.717, 1.165) is 24.4 Å². The van der Waals surface area contributed by atoms with Crippen LogP contribution in [0.3, 0.4) is 0 Å². The fourth-order valence-corrected chi connectivity index (χ4v) is 2.42. The molecule has 0 aliphatic heterocycles. The van der Waals surface area contributed by atoms with Gasteiger partial charge < -0.3 is 14.7 Å². The van der Waals surface area contributed by atoms with Crippen molar-refractivity contribution in [2.75, 3.05) is 40.8 Å². The lowest BCUT2D eigenvalue weighted by Crippen LogP contribution is -2.42. The Labute approximate surface area is 123 Å². The maximum absolute atomic E-state index is 10.4. The monoisotopic (exact) mass is 280 g/mol. The highest BCUT2D eigenvalue weighted by atomic mass is 16.5. The molecule has 1 aromatic carbocycles. The van der Waals surface area contributed by atoms with Crippen LogP contribution in [0.25, 0.3) is 0 Å². The van der Waals surface area contributed by atoms with Crippen LogP contribution in [0.2, 0.25) is 0 Å². The van der Waals surface area contributed by atoms with E-state index in [9.17, 15) is 5.11 Å². The first-order valence-corrected chi connectivity index (χ1v) is 7.18. The summed E-state index contributed by atoms with van der Waals surface area (Å²) in [7, 11) is 5.79. The average Bonchev–Trinajstić information content (AvgIpc) is 2.43. The van der Waals surface area contributed by atoms with Gasteiger partial charge in [-0.1, -0.05) is 19.1 Å². The van der Waals surface area contributed by atoms with Crippen LogP contribution in [0, 0.1) is 0 Å². The van der Waals surface area contributed by atoms with Gasteiger partial charge in [0.15, 0.2) is 0 Å². The second-order valence-corrected chi connectivity index (χ2v) is 5.49. The third kappa shape index (κ3) is 5.12. The Hall–Kier alpha value is -1.10. The number of rotatable bonds is 8. The topological polar surface area (TPSA) is 35.9 Å². The van der Waals surface area contributed by atoms with Crippen molar-refractivity contribution in [2.24, 2.45) is 0 Å². The second-order valence-electron chi connectivity index (χ2n) is 5.49. The summed E-state index contributed by atoms with van der Waals surface area (Å²) in [5.74, 6) is 0.814. The molecule has 0 bridgehead atoms. The van der Waals surface area contributed by atoms with Gasteiger partial charge in [-0.05, 0) is 45.3 Å². The van der Waals surface area contributed by atoms with Gasteiger partial charge in [0.1, 0.15) is 5.75 Å². The number of methoxy groups -OCH3 is 1. The third-order valence-corrected chi connectivity index (χ3v) is 3.57. The van der Waals surface area contributed by atoms with Crippen LogP contribution in [0.5, 0.6) is 5.75 Å². The molecular weight excluding hydrogens is 252 g/mol. The summed E-state index contributed by atoms with van der Waals surface area (Å²) in [4.78, 5) is 4.47. The maximum atomic E-state index is 10.4. The molecule has 20 heavy (non-hydrogen) atoms. The minimum Gasteiger partial charge on any atom is -0.497 e. The van der Waals surface area contributed by atoms with Gasteiger partial charge in [-0.2, -0.15) is 0 Å². The van der Waals surface area contributed by atoms with Gasteiger partial charge in [0, 0.05) is 19.1 Å². The first-order valence-electron chi connectivity index (χ1n) is 7.18. The predicted octanol–water partition coefficient (Wildman–Crippen LogP) is 2.00. The van der Waals surface area contributed by atoms with E-state index >= 15 is 0 Å². The molecule has 1 rings (SSSR count). The number of benzene rings is 1. The van der Waals surface area contributed by atoms with Crippen molar-refractivity contribution in [2.45, 2.75) is 26.0 Å². The van der Waals surface area contributed by atoms with Crippen molar-refractivity contribution >= 4 is 0 Å². The minimum absolute atomic E-state index is 0.419. The number of aliphatic hydroxyl groups is 1. The summed E-state index contributed by atoms with van der Waals surface area (Å²) in [6.07, 6.45) is -0.467.